The molecule has 58 valence electrons. The topological polar surface area (TPSA) is 86.5 Å². The summed E-state index contributed by atoms with van der Waals surface area (Å²) >= 11 is 0. The van der Waals surface area contributed by atoms with E-state index >= 15 is 0 Å². The van der Waals surface area contributed by atoms with Crippen LogP contribution in [0.4, 0.5) is 0 Å². The lowest BCUT2D eigenvalue weighted by Gasteiger charge is -1.98. The van der Waals surface area contributed by atoms with Gasteiger partial charge in [0, 0.05) is 0 Å². The minimum atomic E-state index is -0.495. The van der Waals surface area contributed by atoms with Crippen molar-refractivity contribution in [3.05, 3.63) is 0 Å². The molecule has 0 spiro atoms. The third kappa shape index (κ3) is 9.94. The summed E-state index contributed by atoms with van der Waals surface area (Å²) in [7, 11) is 1.31. The zero-order valence-corrected chi connectivity index (χ0v) is 5.79. The van der Waals surface area contributed by atoms with E-state index in [-0.39, 0.29) is 12.1 Å². The monoisotopic (exact) mass is 147 g/mol. The van der Waals surface area contributed by atoms with Crippen molar-refractivity contribution in [2.45, 2.75) is 13.0 Å². The SMILES string of the molecule is COC(=O)[C@H](C)N.O=C=O. The molecule has 0 amide bonds. The van der Waals surface area contributed by atoms with Crippen LogP contribution in [0.1, 0.15) is 6.92 Å². The minimum Gasteiger partial charge on any atom is -0.468 e. The van der Waals surface area contributed by atoms with Crippen LogP contribution in [0.15, 0.2) is 0 Å². The van der Waals surface area contributed by atoms with Crippen molar-refractivity contribution in [3.8, 4) is 0 Å². The van der Waals surface area contributed by atoms with Crippen LogP contribution < -0.4 is 5.73 Å². The highest BCUT2D eigenvalue weighted by Gasteiger charge is 2.03. The van der Waals surface area contributed by atoms with Crippen molar-refractivity contribution in [2.75, 3.05) is 7.11 Å². The Morgan fingerprint density at radius 2 is 1.90 bits per heavy atom. The number of hydrogen-bond acceptors (Lipinski definition) is 5. The Morgan fingerprint density at radius 1 is 1.60 bits per heavy atom. The first kappa shape index (κ1) is 11.6. The number of carbonyl (C=O) groups excluding carboxylic acids is 3. The van der Waals surface area contributed by atoms with E-state index in [0.29, 0.717) is 0 Å². The van der Waals surface area contributed by atoms with Gasteiger partial charge in [-0.15, -0.1) is 0 Å². The largest absolute Gasteiger partial charge is 0.468 e. The third-order valence-corrected chi connectivity index (χ3v) is 0.573. The summed E-state index contributed by atoms with van der Waals surface area (Å²) in [5, 5.41) is 0. The van der Waals surface area contributed by atoms with Gasteiger partial charge in [-0.05, 0) is 6.92 Å². The summed E-state index contributed by atoms with van der Waals surface area (Å²) in [6, 6.07) is -0.495. The number of ether oxygens (including phenoxy) is 1. The molecule has 0 unspecified atom stereocenters. The van der Waals surface area contributed by atoms with Crippen molar-refractivity contribution >= 4 is 12.1 Å². The molecule has 0 saturated heterocycles. The van der Waals surface area contributed by atoms with E-state index in [0.717, 1.165) is 0 Å². The van der Waals surface area contributed by atoms with Gasteiger partial charge < -0.3 is 10.5 Å². The molecular formula is C5H9NO4. The maximum Gasteiger partial charge on any atom is 0.373 e. The highest BCUT2D eigenvalue weighted by molar-refractivity contribution is 5.74. The summed E-state index contributed by atoms with van der Waals surface area (Å²) < 4.78 is 4.25. The highest BCUT2D eigenvalue weighted by atomic mass is 16.5. The lowest BCUT2D eigenvalue weighted by Crippen LogP contribution is -2.27. The highest BCUT2D eigenvalue weighted by Crippen LogP contribution is 1.76. The molecule has 0 radical (unpaired) electrons. The maximum absolute atomic E-state index is 10.2. The maximum atomic E-state index is 10.2. The molecule has 0 aliphatic carbocycles. The van der Waals surface area contributed by atoms with Crippen LogP contribution in [0.25, 0.3) is 0 Å². The fourth-order valence-electron chi connectivity index (χ4n) is 0.186. The predicted octanol–water partition coefficient (Wildman–Crippen LogP) is -1.08. The van der Waals surface area contributed by atoms with Gasteiger partial charge in [0.2, 0.25) is 0 Å². The van der Waals surface area contributed by atoms with Crippen LogP contribution in [0.3, 0.4) is 0 Å². The number of esters is 1. The third-order valence-electron chi connectivity index (χ3n) is 0.573. The summed E-state index contributed by atoms with van der Waals surface area (Å²) in [4.78, 5) is 26.4. The standard InChI is InChI=1S/C4H9NO2.CO2/c1-3(5)4(6)7-2;2-1-3/h3H,5H2,1-2H3;/t3-;/m0./s1. The van der Waals surface area contributed by atoms with Gasteiger partial charge in [-0.25, -0.2) is 0 Å². The van der Waals surface area contributed by atoms with Crippen LogP contribution in [-0.2, 0) is 19.1 Å². The van der Waals surface area contributed by atoms with Crippen LogP contribution in [0, 0.1) is 0 Å². The van der Waals surface area contributed by atoms with Crippen molar-refractivity contribution < 1.29 is 19.1 Å². The molecule has 0 aromatic carbocycles. The molecule has 5 nitrogen and oxygen atoms in total. The average Bonchev–Trinajstić information content (AvgIpc) is 1.88. The first-order valence-corrected chi connectivity index (χ1v) is 2.42. The van der Waals surface area contributed by atoms with Crippen molar-refractivity contribution in [1.29, 1.82) is 0 Å². The second kappa shape index (κ2) is 7.81. The fourth-order valence-corrected chi connectivity index (χ4v) is 0.186. The van der Waals surface area contributed by atoms with E-state index < -0.39 is 6.04 Å². The first-order valence-electron chi connectivity index (χ1n) is 2.42. The smallest absolute Gasteiger partial charge is 0.373 e. The van der Waals surface area contributed by atoms with E-state index in [1.807, 2.05) is 0 Å². The fraction of sp³-hybridized carbons (Fsp3) is 0.600. The molecule has 0 aromatic rings. The molecule has 0 heterocycles. The predicted molar refractivity (Wildman–Crippen MR) is 30.7 cm³/mol. The van der Waals surface area contributed by atoms with E-state index in [2.05, 4.69) is 4.74 Å². The Balaban J connectivity index is 0. The zero-order chi connectivity index (χ0) is 8.57. The van der Waals surface area contributed by atoms with Crippen molar-refractivity contribution in [1.82, 2.24) is 0 Å². The summed E-state index contributed by atoms with van der Waals surface area (Å²) in [5.41, 5.74) is 5.07. The Morgan fingerprint density at radius 3 is 1.90 bits per heavy atom. The van der Waals surface area contributed by atoms with Crippen LogP contribution in [0.5, 0.6) is 0 Å². The summed E-state index contributed by atoms with van der Waals surface area (Å²) in [6.45, 7) is 1.58. The van der Waals surface area contributed by atoms with Crippen LogP contribution in [-0.4, -0.2) is 25.3 Å². The lowest BCUT2D eigenvalue weighted by molar-refractivity contribution is -0.191. The molecule has 10 heavy (non-hydrogen) atoms. The molecule has 0 aromatic heterocycles. The Kier molecular flexibility index (Phi) is 9.05. The normalized spacial score (nSPS) is 9.90. The van der Waals surface area contributed by atoms with Gasteiger partial charge in [0.25, 0.3) is 0 Å². The second-order valence-corrected chi connectivity index (χ2v) is 1.40. The summed E-state index contributed by atoms with van der Waals surface area (Å²) in [6.07, 6.45) is 0.250. The van der Waals surface area contributed by atoms with Crippen LogP contribution in [0.2, 0.25) is 0 Å². The zero-order valence-electron chi connectivity index (χ0n) is 5.79. The molecule has 5 heteroatoms. The van der Waals surface area contributed by atoms with Crippen molar-refractivity contribution in [3.63, 3.8) is 0 Å². The number of carbonyl (C=O) groups is 1. The Hall–Kier alpha value is -1.19. The van der Waals surface area contributed by atoms with E-state index in [1.165, 1.54) is 7.11 Å². The lowest BCUT2D eigenvalue weighted by atomic mass is 10.4. The van der Waals surface area contributed by atoms with Gasteiger partial charge in [0.1, 0.15) is 6.04 Å². The molecule has 0 aliphatic rings. The van der Waals surface area contributed by atoms with Crippen LogP contribution >= 0.6 is 0 Å². The number of methoxy groups -OCH3 is 1. The quantitative estimate of drug-likeness (QED) is 0.477. The average molecular weight is 147 g/mol. The Labute approximate surface area is 58.1 Å². The van der Waals surface area contributed by atoms with Gasteiger partial charge in [0.05, 0.1) is 7.11 Å². The van der Waals surface area contributed by atoms with Crippen molar-refractivity contribution in [2.24, 2.45) is 5.73 Å². The Bertz CT molecular complexity index is 126. The molecule has 2 N–H and O–H groups in total. The number of hydrogen-bond donors (Lipinski definition) is 1. The summed E-state index contributed by atoms with van der Waals surface area (Å²) in [5.74, 6) is -0.375. The molecule has 1 atom stereocenters. The molecular weight excluding hydrogens is 138 g/mol. The molecule has 0 fully saturated rings. The van der Waals surface area contributed by atoms with Gasteiger partial charge in [0.15, 0.2) is 0 Å². The van der Waals surface area contributed by atoms with Gasteiger partial charge in [-0.2, -0.15) is 9.59 Å². The number of rotatable bonds is 1. The second-order valence-electron chi connectivity index (χ2n) is 1.40. The molecule has 0 saturated carbocycles. The van der Waals surface area contributed by atoms with Gasteiger partial charge in [-0.3, -0.25) is 4.79 Å². The molecule has 0 bridgehead atoms. The minimum absolute atomic E-state index is 0.250. The number of nitrogens with two attached hydrogens (primary N) is 1. The molecule has 0 rings (SSSR count). The van der Waals surface area contributed by atoms with Gasteiger partial charge >= 0.3 is 12.1 Å². The first-order chi connectivity index (χ1) is 4.59. The van der Waals surface area contributed by atoms with E-state index in [1.54, 1.807) is 6.92 Å². The van der Waals surface area contributed by atoms with Gasteiger partial charge in [-0.1, -0.05) is 0 Å². The molecule has 0 aliphatic heterocycles. The van der Waals surface area contributed by atoms with E-state index in [4.69, 9.17) is 15.3 Å². The van der Waals surface area contributed by atoms with E-state index in [9.17, 15) is 4.79 Å².